The van der Waals surface area contributed by atoms with Gasteiger partial charge in [-0.2, -0.15) is 0 Å². The molecular formula is C15H13NO2. The summed E-state index contributed by atoms with van der Waals surface area (Å²) in [4.78, 5) is 11.3. The largest absolute Gasteiger partial charge is 0.480 e. The zero-order valence-corrected chi connectivity index (χ0v) is 10.00. The van der Waals surface area contributed by atoms with E-state index >= 15 is 0 Å². The predicted molar refractivity (Wildman–Crippen MR) is 71.8 cm³/mol. The molecule has 0 aliphatic rings. The van der Waals surface area contributed by atoms with Crippen LogP contribution in [0.5, 0.6) is 0 Å². The van der Waals surface area contributed by atoms with Crippen molar-refractivity contribution in [2.45, 2.75) is 13.0 Å². The number of carbonyl (C=O) groups is 1. The van der Waals surface area contributed by atoms with E-state index in [1.165, 1.54) is 0 Å². The fraction of sp³-hybridized carbons (Fsp3) is 0.133. The van der Waals surface area contributed by atoms with Crippen LogP contribution in [0.15, 0.2) is 48.5 Å². The quantitative estimate of drug-likeness (QED) is 0.744. The van der Waals surface area contributed by atoms with Crippen molar-refractivity contribution in [1.82, 2.24) is 4.57 Å². The van der Waals surface area contributed by atoms with Crippen LogP contribution in [-0.2, 0) is 4.79 Å². The van der Waals surface area contributed by atoms with Crippen LogP contribution >= 0.6 is 0 Å². The third-order valence-corrected chi connectivity index (χ3v) is 3.36. The number of benzene rings is 2. The predicted octanol–water partition coefficient (Wildman–Crippen LogP) is 3.44. The summed E-state index contributed by atoms with van der Waals surface area (Å²) in [5.74, 6) is -0.818. The number of aromatic nitrogens is 1. The van der Waals surface area contributed by atoms with E-state index in [0.29, 0.717) is 0 Å². The van der Waals surface area contributed by atoms with Crippen molar-refractivity contribution >= 4 is 27.8 Å². The van der Waals surface area contributed by atoms with E-state index in [-0.39, 0.29) is 0 Å². The number of hydrogen-bond acceptors (Lipinski definition) is 1. The van der Waals surface area contributed by atoms with Crippen molar-refractivity contribution in [3.8, 4) is 0 Å². The lowest BCUT2D eigenvalue weighted by Crippen LogP contribution is -2.15. The van der Waals surface area contributed by atoms with Crippen molar-refractivity contribution in [3.63, 3.8) is 0 Å². The van der Waals surface area contributed by atoms with Gasteiger partial charge in [0, 0.05) is 21.8 Å². The van der Waals surface area contributed by atoms with E-state index in [2.05, 4.69) is 0 Å². The number of carboxylic acid groups (broad SMARTS) is 1. The molecule has 0 saturated carbocycles. The Balaban J connectivity index is 2.49. The number of fused-ring (bicyclic) bond motifs is 3. The molecule has 2 aromatic carbocycles. The van der Waals surface area contributed by atoms with Gasteiger partial charge in [-0.25, -0.2) is 4.79 Å². The average molecular weight is 239 g/mol. The molecule has 3 heteroatoms. The highest BCUT2D eigenvalue weighted by Gasteiger charge is 2.19. The standard InChI is InChI=1S/C15H13NO2/c1-10(15(17)18)16-13-8-4-2-6-11(13)12-7-3-5-9-14(12)16/h2-10H,1H3,(H,17,18)/t10-/m1/s1. The normalized spacial score (nSPS) is 12.9. The van der Waals surface area contributed by atoms with Gasteiger partial charge in [0.05, 0.1) is 0 Å². The molecule has 3 aromatic rings. The third-order valence-electron chi connectivity index (χ3n) is 3.36. The first-order chi connectivity index (χ1) is 8.70. The fourth-order valence-corrected chi connectivity index (χ4v) is 2.48. The van der Waals surface area contributed by atoms with Gasteiger partial charge in [0.15, 0.2) is 0 Å². The second kappa shape index (κ2) is 3.88. The third kappa shape index (κ3) is 1.40. The van der Waals surface area contributed by atoms with Crippen LogP contribution in [0.4, 0.5) is 0 Å². The van der Waals surface area contributed by atoms with E-state index in [0.717, 1.165) is 21.8 Å². The van der Waals surface area contributed by atoms with Gasteiger partial charge in [-0.3, -0.25) is 0 Å². The smallest absolute Gasteiger partial charge is 0.326 e. The van der Waals surface area contributed by atoms with Crippen LogP contribution in [0.3, 0.4) is 0 Å². The molecule has 0 unspecified atom stereocenters. The molecule has 1 N–H and O–H groups in total. The molecule has 3 nitrogen and oxygen atoms in total. The highest BCUT2D eigenvalue weighted by Crippen LogP contribution is 2.31. The number of hydrogen-bond donors (Lipinski definition) is 1. The van der Waals surface area contributed by atoms with Gasteiger partial charge in [0.25, 0.3) is 0 Å². The maximum Gasteiger partial charge on any atom is 0.326 e. The maximum atomic E-state index is 11.3. The van der Waals surface area contributed by atoms with Crippen LogP contribution in [-0.4, -0.2) is 15.6 Å². The molecule has 0 bridgehead atoms. The number of aliphatic carboxylic acids is 1. The molecule has 0 saturated heterocycles. The summed E-state index contributed by atoms with van der Waals surface area (Å²) < 4.78 is 1.88. The number of carboxylic acids is 1. The first-order valence-electron chi connectivity index (χ1n) is 5.90. The zero-order valence-electron chi connectivity index (χ0n) is 10.00. The van der Waals surface area contributed by atoms with Gasteiger partial charge in [-0.15, -0.1) is 0 Å². The number of rotatable bonds is 2. The Kier molecular flexibility index (Phi) is 2.33. The van der Waals surface area contributed by atoms with E-state index in [4.69, 9.17) is 0 Å². The molecule has 0 radical (unpaired) electrons. The minimum Gasteiger partial charge on any atom is -0.480 e. The summed E-state index contributed by atoms with van der Waals surface area (Å²) >= 11 is 0. The molecule has 0 spiro atoms. The van der Waals surface area contributed by atoms with Crippen molar-refractivity contribution in [2.24, 2.45) is 0 Å². The van der Waals surface area contributed by atoms with Crippen molar-refractivity contribution in [1.29, 1.82) is 0 Å². The molecule has 0 aliphatic heterocycles. The van der Waals surface area contributed by atoms with Crippen molar-refractivity contribution < 1.29 is 9.90 Å². The lowest BCUT2D eigenvalue weighted by atomic mass is 10.2. The first kappa shape index (κ1) is 10.8. The molecule has 1 heterocycles. The molecule has 1 atom stereocenters. The van der Waals surface area contributed by atoms with Crippen LogP contribution in [0.25, 0.3) is 21.8 Å². The lowest BCUT2D eigenvalue weighted by Gasteiger charge is -2.11. The second-order valence-electron chi connectivity index (χ2n) is 4.42. The SMILES string of the molecule is C[C@H](C(=O)O)n1c2ccccc2c2ccccc21. The summed E-state index contributed by atoms with van der Waals surface area (Å²) in [5.41, 5.74) is 1.93. The summed E-state index contributed by atoms with van der Waals surface area (Å²) in [6, 6.07) is 15.2. The van der Waals surface area contributed by atoms with Crippen molar-refractivity contribution in [3.05, 3.63) is 48.5 Å². The summed E-state index contributed by atoms with van der Waals surface area (Å²) in [6.07, 6.45) is 0. The van der Waals surface area contributed by atoms with Crippen LogP contribution in [0.1, 0.15) is 13.0 Å². The molecule has 0 fully saturated rings. The second-order valence-corrected chi connectivity index (χ2v) is 4.42. The lowest BCUT2D eigenvalue weighted by molar-refractivity contribution is -0.140. The van der Waals surface area contributed by atoms with E-state index in [9.17, 15) is 9.90 Å². The molecule has 3 rings (SSSR count). The van der Waals surface area contributed by atoms with Gasteiger partial charge >= 0.3 is 5.97 Å². The Morgan fingerprint density at radius 2 is 1.44 bits per heavy atom. The fourth-order valence-electron chi connectivity index (χ4n) is 2.48. The maximum absolute atomic E-state index is 11.3. The molecule has 1 aromatic heterocycles. The van der Waals surface area contributed by atoms with Gasteiger partial charge in [0.2, 0.25) is 0 Å². The molecule has 18 heavy (non-hydrogen) atoms. The Bertz CT molecular complexity index is 689. The molecule has 0 amide bonds. The summed E-state index contributed by atoms with van der Waals surface area (Å²) in [7, 11) is 0. The average Bonchev–Trinajstić information content (AvgIpc) is 2.72. The molecule has 90 valence electrons. The Morgan fingerprint density at radius 1 is 1.00 bits per heavy atom. The Labute approximate surface area is 104 Å². The Hall–Kier alpha value is -2.29. The van der Waals surface area contributed by atoms with Gasteiger partial charge < -0.3 is 9.67 Å². The highest BCUT2D eigenvalue weighted by atomic mass is 16.4. The highest BCUT2D eigenvalue weighted by molar-refractivity contribution is 6.08. The van der Waals surface area contributed by atoms with Crippen LogP contribution < -0.4 is 0 Å². The summed E-state index contributed by atoms with van der Waals surface area (Å²) in [5, 5.41) is 11.4. The molecular weight excluding hydrogens is 226 g/mol. The topological polar surface area (TPSA) is 42.2 Å². The zero-order chi connectivity index (χ0) is 12.7. The minimum atomic E-state index is -0.818. The molecule has 0 aliphatic carbocycles. The van der Waals surface area contributed by atoms with E-state index in [1.807, 2.05) is 53.1 Å². The van der Waals surface area contributed by atoms with Gasteiger partial charge in [-0.1, -0.05) is 36.4 Å². The minimum absolute atomic E-state index is 0.574. The number of nitrogens with zero attached hydrogens (tertiary/aromatic N) is 1. The van der Waals surface area contributed by atoms with E-state index in [1.54, 1.807) is 6.92 Å². The monoisotopic (exact) mass is 239 g/mol. The first-order valence-corrected chi connectivity index (χ1v) is 5.90. The van der Waals surface area contributed by atoms with E-state index < -0.39 is 12.0 Å². The van der Waals surface area contributed by atoms with Gasteiger partial charge in [-0.05, 0) is 19.1 Å². The number of para-hydroxylation sites is 2. The van der Waals surface area contributed by atoms with Gasteiger partial charge in [0.1, 0.15) is 6.04 Å². The van der Waals surface area contributed by atoms with Crippen LogP contribution in [0, 0.1) is 0 Å². The summed E-state index contributed by atoms with van der Waals surface area (Å²) in [6.45, 7) is 1.71. The van der Waals surface area contributed by atoms with Crippen molar-refractivity contribution in [2.75, 3.05) is 0 Å². The van der Waals surface area contributed by atoms with Crippen LogP contribution in [0.2, 0.25) is 0 Å². The Morgan fingerprint density at radius 3 is 1.89 bits per heavy atom.